The van der Waals surface area contributed by atoms with Crippen molar-refractivity contribution in [2.24, 2.45) is 5.10 Å². The van der Waals surface area contributed by atoms with E-state index in [0.717, 1.165) is 28.2 Å². The predicted molar refractivity (Wildman–Crippen MR) is 116 cm³/mol. The minimum atomic E-state index is 0.495. The average Bonchev–Trinajstić information content (AvgIpc) is 2.77. The zero-order chi connectivity index (χ0) is 20.3. The van der Waals surface area contributed by atoms with Gasteiger partial charge in [0.05, 0.1) is 26.5 Å². The van der Waals surface area contributed by atoms with Gasteiger partial charge in [0.15, 0.2) is 11.5 Å². The smallest absolute Gasteiger partial charge is 0.161 e. The van der Waals surface area contributed by atoms with Gasteiger partial charge >= 0.3 is 0 Å². The van der Waals surface area contributed by atoms with E-state index in [0.29, 0.717) is 25.5 Å². The van der Waals surface area contributed by atoms with Crippen molar-refractivity contribution in [3.05, 3.63) is 89.5 Å². The van der Waals surface area contributed by atoms with Gasteiger partial charge < -0.3 is 19.6 Å². The van der Waals surface area contributed by atoms with Crippen LogP contribution in [0.1, 0.15) is 23.6 Å². The van der Waals surface area contributed by atoms with Crippen LogP contribution in [0.3, 0.4) is 0 Å². The van der Waals surface area contributed by atoms with Gasteiger partial charge in [-0.25, -0.2) is 0 Å². The van der Waals surface area contributed by atoms with Gasteiger partial charge in [0.2, 0.25) is 0 Å². The molecule has 0 radical (unpaired) electrons. The molecule has 0 aliphatic carbocycles. The number of hydrogen-bond acceptors (Lipinski definition) is 5. The van der Waals surface area contributed by atoms with Gasteiger partial charge in [-0.1, -0.05) is 48.5 Å². The summed E-state index contributed by atoms with van der Waals surface area (Å²) in [6.45, 7) is 3.59. The maximum Gasteiger partial charge on any atom is 0.161 e. The van der Waals surface area contributed by atoms with E-state index in [1.807, 2.05) is 79.7 Å². The highest BCUT2D eigenvalue weighted by Gasteiger charge is 2.06. The monoisotopic (exact) mass is 390 g/mol. The lowest BCUT2D eigenvalue weighted by atomic mass is 10.2. The quantitative estimate of drug-likeness (QED) is 0.399. The average molecular weight is 390 g/mol. The van der Waals surface area contributed by atoms with Gasteiger partial charge in [-0.3, -0.25) is 0 Å². The molecule has 0 aliphatic heterocycles. The Labute approximate surface area is 171 Å². The summed E-state index contributed by atoms with van der Waals surface area (Å²) in [6.07, 6.45) is 1.76. The normalized spacial score (nSPS) is 10.7. The van der Waals surface area contributed by atoms with E-state index < -0.39 is 0 Å². The van der Waals surface area contributed by atoms with Crippen LogP contribution in [0.15, 0.2) is 77.9 Å². The van der Waals surface area contributed by atoms with E-state index in [4.69, 9.17) is 14.2 Å². The van der Waals surface area contributed by atoms with Gasteiger partial charge in [0.25, 0.3) is 0 Å². The molecule has 0 atom stereocenters. The maximum absolute atomic E-state index is 5.94. The molecular weight excluding hydrogens is 364 g/mol. The zero-order valence-corrected chi connectivity index (χ0v) is 16.8. The SMILES string of the molecule is CCOc1cc(/C=N\NCc2ccccc2OC)ccc1OCc1ccccc1. The fourth-order valence-corrected chi connectivity index (χ4v) is 2.83. The van der Waals surface area contributed by atoms with Gasteiger partial charge in [-0.15, -0.1) is 0 Å². The van der Waals surface area contributed by atoms with Crippen molar-refractivity contribution >= 4 is 6.21 Å². The molecule has 0 aromatic heterocycles. The first kappa shape index (κ1) is 20.3. The summed E-state index contributed by atoms with van der Waals surface area (Å²) in [7, 11) is 1.67. The Morgan fingerprint density at radius 2 is 1.66 bits per heavy atom. The van der Waals surface area contributed by atoms with E-state index in [2.05, 4.69) is 10.5 Å². The van der Waals surface area contributed by atoms with Gasteiger partial charge in [0, 0.05) is 5.56 Å². The standard InChI is InChI=1S/C24H26N2O3/c1-3-28-24-15-20(13-14-23(24)29-18-19-9-5-4-6-10-19)16-25-26-17-21-11-7-8-12-22(21)27-2/h4-16,26H,3,17-18H2,1-2H3/b25-16-. The minimum absolute atomic E-state index is 0.495. The fourth-order valence-electron chi connectivity index (χ4n) is 2.83. The summed E-state index contributed by atoms with van der Waals surface area (Å²) in [5, 5.41) is 4.31. The highest BCUT2D eigenvalue weighted by molar-refractivity contribution is 5.80. The molecular formula is C24H26N2O3. The largest absolute Gasteiger partial charge is 0.496 e. The lowest BCUT2D eigenvalue weighted by Gasteiger charge is -2.12. The number of nitrogens with one attached hydrogen (secondary N) is 1. The van der Waals surface area contributed by atoms with Crippen LogP contribution in [0.4, 0.5) is 0 Å². The maximum atomic E-state index is 5.94. The van der Waals surface area contributed by atoms with Gasteiger partial charge in [-0.05, 0) is 42.3 Å². The van der Waals surface area contributed by atoms with Gasteiger partial charge in [0.1, 0.15) is 12.4 Å². The Hall–Kier alpha value is -3.47. The fraction of sp³-hybridized carbons (Fsp3) is 0.208. The van der Waals surface area contributed by atoms with Gasteiger partial charge in [-0.2, -0.15) is 5.10 Å². The van der Waals surface area contributed by atoms with Crippen molar-refractivity contribution < 1.29 is 14.2 Å². The lowest BCUT2D eigenvalue weighted by Crippen LogP contribution is -2.07. The molecule has 150 valence electrons. The van der Waals surface area contributed by atoms with Crippen LogP contribution < -0.4 is 19.6 Å². The minimum Gasteiger partial charge on any atom is -0.496 e. The zero-order valence-electron chi connectivity index (χ0n) is 16.8. The molecule has 0 fully saturated rings. The second-order valence-corrected chi connectivity index (χ2v) is 6.32. The van der Waals surface area contributed by atoms with E-state index in [1.54, 1.807) is 13.3 Å². The number of methoxy groups -OCH3 is 1. The molecule has 0 aliphatic rings. The van der Waals surface area contributed by atoms with Crippen LogP contribution in [0.25, 0.3) is 0 Å². The first-order valence-electron chi connectivity index (χ1n) is 9.61. The summed E-state index contributed by atoms with van der Waals surface area (Å²) in [6, 6.07) is 23.7. The Bertz CT molecular complexity index is 926. The highest BCUT2D eigenvalue weighted by atomic mass is 16.5. The summed E-state index contributed by atoms with van der Waals surface area (Å²) < 4.78 is 17.0. The molecule has 0 heterocycles. The molecule has 3 aromatic carbocycles. The Balaban J connectivity index is 1.62. The summed E-state index contributed by atoms with van der Waals surface area (Å²) in [4.78, 5) is 0. The molecule has 29 heavy (non-hydrogen) atoms. The third kappa shape index (κ3) is 6.01. The van der Waals surface area contributed by atoms with Crippen LogP contribution in [-0.4, -0.2) is 19.9 Å². The van der Waals surface area contributed by atoms with Crippen LogP contribution in [-0.2, 0) is 13.2 Å². The molecule has 0 amide bonds. The van der Waals surface area contributed by atoms with Crippen molar-refractivity contribution in [1.82, 2.24) is 5.43 Å². The molecule has 5 heteroatoms. The first-order valence-corrected chi connectivity index (χ1v) is 9.61. The Morgan fingerprint density at radius 1 is 0.862 bits per heavy atom. The predicted octanol–water partition coefficient (Wildman–Crippen LogP) is 4.80. The van der Waals surface area contributed by atoms with E-state index in [1.165, 1.54) is 0 Å². The molecule has 5 nitrogen and oxygen atoms in total. The lowest BCUT2D eigenvalue weighted by molar-refractivity contribution is 0.269. The highest BCUT2D eigenvalue weighted by Crippen LogP contribution is 2.29. The molecule has 0 spiro atoms. The number of rotatable bonds is 10. The number of benzene rings is 3. The van der Waals surface area contributed by atoms with Crippen molar-refractivity contribution in [3.8, 4) is 17.2 Å². The topological polar surface area (TPSA) is 52.1 Å². The second-order valence-electron chi connectivity index (χ2n) is 6.32. The number of hydrogen-bond donors (Lipinski definition) is 1. The first-order chi connectivity index (χ1) is 14.3. The van der Waals surface area contributed by atoms with E-state index in [-0.39, 0.29) is 0 Å². The van der Waals surface area contributed by atoms with Crippen molar-refractivity contribution in [2.45, 2.75) is 20.1 Å². The van der Waals surface area contributed by atoms with Crippen molar-refractivity contribution in [1.29, 1.82) is 0 Å². The number of hydrazone groups is 1. The Kier molecular flexibility index (Phi) is 7.52. The molecule has 0 saturated heterocycles. The van der Waals surface area contributed by atoms with Crippen LogP contribution in [0.2, 0.25) is 0 Å². The van der Waals surface area contributed by atoms with Crippen LogP contribution >= 0.6 is 0 Å². The number of ether oxygens (including phenoxy) is 3. The molecule has 3 rings (SSSR count). The third-order valence-electron chi connectivity index (χ3n) is 4.27. The number of nitrogens with zero attached hydrogens (tertiary/aromatic N) is 1. The molecule has 0 saturated carbocycles. The summed E-state index contributed by atoms with van der Waals surface area (Å²) >= 11 is 0. The van der Waals surface area contributed by atoms with E-state index in [9.17, 15) is 0 Å². The summed E-state index contributed by atoms with van der Waals surface area (Å²) in [5.74, 6) is 2.26. The number of para-hydroxylation sites is 1. The molecule has 3 aromatic rings. The van der Waals surface area contributed by atoms with E-state index >= 15 is 0 Å². The van der Waals surface area contributed by atoms with Crippen LogP contribution in [0, 0.1) is 0 Å². The van der Waals surface area contributed by atoms with Crippen molar-refractivity contribution in [2.75, 3.05) is 13.7 Å². The van der Waals surface area contributed by atoms with Crippen molar-refractivity contribution in [3.63, 3.8) is 0 Å². The third-order valence-corrected chi connectivity index (χ3v) is 4.27. The molecule has 0 unspecified atom stereocenters. The molecule has 1 N–H and O–H groups in total. The second kappa shape index (κ2) is 10.8. The molecule has 0 bridgehead atoms. The summed E-state index contributed by atoms with van der Waals surface area (Å²) in [5.41, 5.74) is 6.14. The Morgan fingerprint density at radius 3 is 2.45 bits per heavy atom. The van der Waals surface area contributed by atoms with Crippen LogP contribution in [0.5, 0.6) is 17.2 Å².